The Hall–Kier alpha value is -3.07. The fourth-order valence-electron chi connectivity index (χ4n) is 4.76. The number of nitrogens with zero attached hydrogens (tertiary/aromatic N) is 2. The van der Waals surface area contributed by atoms with Crippen LogP contribution >= 0.6 is 0 Å². The molecule has 9 heteroatoms. The third-order valence-corrected chi connectivity index (χ3v) is 8.16. The van der Waals surface area contributed by atoms with Crippen molar-refractivity contribution in [3.63, 3.8) is 0 Å². The third-order valence-electron chi connectivity index (χ3n) is 6.98. The van der Waals surface area contributed by atoms with Crippen LogP contribution < -0.4 is 14.4 Å². The summed E-state index contributed by atoms with van der Waals surface area (Å²) < 4.78 is 31.8. The number of hydrogen-bond donors (Lipinski definition) is 1. The molecule has 8 nitrogen and oxygen atoms in total. The maximum atomic E-state index is 13.5. The average molecular weight is 530 g/mol. The van der Waals surface area contributed by atoms with E-state index in [9.17, 15) is 18.0 Å². The van der Waals surface area contributed by atoms with Crippen molar-refractivity contribution >= 4 is 27.5 Å². The van der Waals surface area contributed by atoms with Crippen molar-refractivity contribution in [1.82, 2.24) is 10.2 Å². The Labute approximate surface area is 221 Å². The number of rotatable bonds is 12. The van der Waals surface area contributed by atoms with Gasteiger partial charge in [-0.25, -0.2) is 8.42 Å². The first-order valence-electron chi connectivity index (χ1n) is 12.9. The van der Waals surface area contributed by atoms with Gasteiger partial charge in [0, 0.05) is 25.6 Å². The summed E-state index contributed by atoms with van der Waals surface area (Å²) in [5.74, 6) is 0.101. The van der Waals surface area contributed by atoms with E-state index in [1.165, 1.54) is 11.4 Å². The van der Waals surface area contributed by atoms with Gasteiger partial charge in [0.1, 0.15) is 11.8 Å². The molecular weight excluding hydrogens is 490 g/mol. The molecule has 2 amide bonds. The standard InChI is InChI=1S/C28H39N3O5S/c1-21-12-5-6-13-23(21)20-30(22(2)28(33)29-24-14-7-8-15-24)27(32)18-11-19-31(37(4,34)35)25-16-9-10-17-26(25)36-3/h5-6,9-10,12-13,16-17,22,24H,7-8,11,14-15,18-20H2,1-4H3,(H,29,33)/t22-/m1/s1. The Morgan fingerprint density at radius 1 is 1.08 bits per heavy atom. The molecule has 1 saturated carbocycles. The zero-order valence-corrected chi connectivity index (χ0v) is 23.1. The summed E-state index contributed by atoms with van der Waals surface area (Å²) in [6.07, 6.45) is 5.69. The smallest absolute Gasteiger partial charge is 0.242 e. The number of aryl methyl sites for hydroxylation is 1. The fraction of sp³-hybridized carbons (Fsp3) is 0.500. The van der Waals surface area contributed by atoms with Crippen LogP contribution in [0.25, 0.3) is 0 Å². The molecule has 0 saturated heterocycles. The SMILES string of the molecule is COc1ccccc1N(CCCC(=O)N(Cc1ccccc1C)[C@H](C)C(=O)NC1CCCC1)S(C)(=O)=O. The summed E-state index contributed by atoms with van der Waals surface area (Å²) >= 11 is 0. The van der Waals surface area contributed by atoms with Gasteiger partial charge in [0.25, 0.3) is 0 Å². The molecule has 1 aliphatic rings. The summed E-state index contributed by atoms with van der Waals surface area (Å²) in [5.41, 5.74) is 2.45. The van der Waals surface area contributed by atoms with Gasteiger partial charge in [-0.05, 0) is 56.4 Å². The lowest BCUT2D eigenvalue weighted by Crippen LogP contribution is -2.49. The van der Waals surface area contributed by atoms with Crippen LogP contribution in [0.15, 0.2) is 48.5 Å². The number of hydrogen-bond acceptors (Lipinski definition) is 5. The lowest BCUT2D eigenvalue weighted by atomic mass is 10.1. The second-order valence-corrected chi connectivity index (χ2v) is 11.6. The van der Waals surface area contributed by atoms with Crippen molar-refractivity contribution in [2.75, 3.05) is 24.2 Å². The van der Waals surface area contributed by atoms with Crippen LogP contribution in [0.4, 0.5) is 5.69 Å². The number of benzene rings is 2. The highest BCUT2D eigenvalue weighted by Crippen LogP contribution is 2.30. The zero-order chi connectivity index (χ0) is 27.0. The lowest BCUT2D eigenvalue weighted by Gasteiger charge is -2.31. The minimum atomic E-state index is -3.60. The summed E-state index contributed by atoms with van der Waals surface area (Å²) in [6.45, 7) is 4.18. The summed E-state index contributed by atoms with van der Waals surface area (Å²) in [5, 5.41) is 3.11. The number of ether oxygens (including phenoxy) is 1. The topological polar surface area (TPSA) is 96.0 Å². The minimum Gasteiger partial charge on any atom is -0.495 e. The van der Waals surface area contributed by atoms with Crippen molar-refractivity contribution in [2.45, 2.75) is 71.0 Å². The van der Waals surface area contributed by atoms with Gasteiger partial charge in [-0.1, -0.05) is 49.2 Å². The van der Waals surface area contributed by atoms with E-state index >= 15 is 0 Å². The number of carbonyl (C=O) groups is 2. The summed E-state index contributed by atoms with van der Waals surface area (Å²) in [7, 11) is -2.11. The normalized spacial score (nSPS) is 14.7. The number of nitrogens with one attached hydrogen (secondary N) is 1. The minimum absolute atomic E-state index is 0.105. The Kier molecular flexibility index (Phi) is 9.97. The predicted octanol–water partition coefficient (Wildman–Crippen LogP) is 4.03. The van der Waals surface area contributed by atoms with E-state index in [2.05, 4.69) is 5.32 Å². The van der Waals surface area contributed by atoms with Gasteiger partial charge in [-0.15, -0.1) is 0 Å². The van der Waals surface area contributed by atoms with Gasteiger partial charge < -0.3 is 15.0 Å². The van der Waals surface area contributed by atoms with E-state index < -0.39 is 16.1 Å². The number of amides is 2. The molecule has 1 aliphatic carbocycles. The first-order valence-corrected chi connectivity index (χ1v) is 14.7. The Balaban J connectivity index is 1.74. The van der Waals surface area contributed by atoms with Gasteiger partial charge in [0.2, 0.25) is 21.8 Å². The van der Waals surface area contributed by atoms with Crippen molar-refractivity contribution in [2.24, 2.45) is 0 Å². The molecule has 0 aromatic heterocycles. The highest BCUT2D eigenvalue weighted by Gasteiger charge is 2.29. The van der Waals surface area contributed by atoms with Crippen molar-refractivity contribution in [1.29, 1.82) is 0 Å². The molecule has 2 aromatic carbocycles. The number of para-hydroxylation sites is 2. The van der Waals surface area contributed by atoms with Gasteiger partial charge >= 0.3 is 0 Å². The number of anilines is 1. The van der Waals surface area contributed by atoms with E-state index in [0.717, 1.165) is 43.1 Å². The molecule has 202 valence electrons. The number of methoxy groups -OCH3 is 1. The Morgan fingerprint density at radius 2 is 1.73 bits per heavy atom. The van der Waals surface area contributed by atoms with E-state index in [0.29, 0.717) is 24.4 Å². The molecule has 0 heterocycles. The molecule has 0 spiro atoms. The molecule has 1 fully saturated rings. The highest BCUT2D eigenvalue weighted by molar-refractivity contribution is 7.92. The molecule has 0 bridgehead atoms. The average Bonchev–Trinajstić information content (AvgIpc) is 3.38. The summed E-state index contributed by atoms with van der Waals surface area (Å²) in [6, 6.07) is 14.2. The molecule has 0 radical (unpaired) electrons. The molecule has 3 rings (SSSR count). The molecule has 0 unspecified atom stereocenters. The summed E-state index contributed by atoms with van der Waals surface area (Å²) in [4.78, 5) is 28.2. The molecule has 37 heavy (non-hydrogen) atoms. The molecule has 2 aromatic rings. The van der Waals surface area contributed by atoms with Crippen molar-refractivity contribution < 1.29 is 22.7 Å². The van der Waals surface area contributed by atoms with Crippen LogP contribution in [-0.2, 0) is 26.2 Å². The molecule has 1 atom stereocenters. The third kappa shape index (κ3) is 7.71. The van der Waals surface area contributed by atoms with Crippen LogP contribution in [0, 0.1) is 6.92 Å². The second-order valence-electron chi connectivity index (χ2n) is 9.72. The van der Waals surface area contributed by atoms with Gasteiger partial charge in [-0.2, -0.15) is 0 Å². The Morgan fingerprint density at radius 3 is 2.38 bits per heavy atom. The van der Waals surface area contributed by atoms with E-state index in [4.69, 9.17) is 4.74 Å². The lowest BCUT2D eigenvalue weighted by molar-refractivity contribution is -0.141. The van der Waals surface area contributed by atoms with Gasteiger partial charge in [0.15, 0.2) is 0 Å². The molecule has 1 N–H and O–H groups in total. The predicted molar refractivity (Wildman–Crippen MR) is 146 cm³/mol. The molecule has 0 aliphatic heterocycles. The van der Waals surface area contributed by atoms with E-state index in [-0.39, 0.29) is 30.8 Å². The van der Waals surface area contributed by atoms with E-state index in [1.54, 1.807) is 36.1 Å². The highest BCUT2D eigenvalue weighted by atomic mass is 32.2. The monoisotopic (exact) mass is 529 g/mol. The fourth-order valence-corrected chi connectivity index (χ4v) is 5.73. The van der Waals surface area contributed by atoms with Crippen molar-refractivity contribution in [3.05, 3.63) is 59.7 Å². The van der Waals surface area contributed by atoms with Gasteiger partial charge in [-0.3, -0.25) is 13.9 Å². The number of carbonyl (C=O) groups excluding carboxylic acids is 2. The Bertz CT molecular complexity index is 1180. The first kappa shape index (κ1) is 28.5. The molecular formula is C28H39N3O5S. The van der Waals surface area contributed by atoms with Crippen LogP contribution in [0.3, 0.4) is 0 Å². The van der Waals surface area contributed by atoms with E-state index in [1.807, 2.05) is 31.2 Å². The quantitative estimate of drug-likeness (QED) is 0.448. The van der Waals surface area contributed by atoms with Crippen molar-refractivity contribution in [3.8, 4) is 5.75 Å². The zero-order valence-electron chi connectivity index (χ0n) is 22.3. The first-order chi connectivity index (χ1) is 17.6. The van der Waals surface area contributed by atoms with Crippen LogP contribution in [0.5, 0.6) is 5.75 Å². The second kappa shape index (κ2) is 12.9. The maximum Gasteiger partial charge on any atom is 0.242 e. The van der Waals surface area contributed by atoms with Crippen LogP contribution in [-0.4, -0.2) is 57.1 Å². The maximum absolute atomic E-state index is 13.5. The van der Waals surface area contributed by atoms with Crippen LogP contribution in [0.2, 0.25) is 0 Å². The largest absolute Gasteiger partial charge is 0.495 e. The van der Waals surface area contributed by atoms with Crippen LogP contribution in [0.1, 0.15) is 56.6 Å². The van der Waals surface area contributed by atoms with Gasteiger partial charge in [0.05, 0.1) is 19.1 Å². The number of sulfonamides is 1.